The van der Waals surface area contributed by atoms with Crippen molar-refractivity contribution in [3.8, 4) is 0 Å². The van der Waals surface area contributed by atoms with Gasteiger partial charge in [-0.1, -0.05) is 12.8 Å². The number of rotatable bonds is 2. The van der Waals surface area contributed by atoms with Crippen LogP contribution in [-0.4, -0.2) is 29.6 Å². The molecule has 2 rings (SSSR count). The Morgan fingerprint density at radius 2 is 1.93 bits per heavy atom. The Balaban J connectivity index is 1.94. The van der Waals surface area contributed by atoms with E-state index in [0.717, 1.165) is 18.5 Å². The van der Waals surface area contributed by atoms with E-state index in [2.05, 4.69) is 18.7 Å². The van der Waals surface area contributed by atoms with Gasteiger partial charge in [-0.25, -0.2) is 0 Å². The maximum absolute atomic E-state index is 6.10. The van der Waals surface area contributed by atoms with E-state index in [1.807, 2.05) is 0 Å². The average Bonchev–Trinajstić information content (AvgIpc) is 2.47. The van der Waals surface area contributed by atoms with Crippen LogP contribution in [0.25, 0.3) is 0 Å². The van der Waals surface area contributed by atoms with Gasteiger partial charge in [0.05, 0.1) is 0 Å². The minimum absolute atomic E-state index is 0.0215. The molecular weight excluding hydrogens is 172 g/mol. The second-order valence-electron chi connectivity index (χ2n) is 5.86. The molecule has 1 saturated heterocycles. The van der Waals surface area contributed by atoms with E-state index in [0.29, 0.717) is 0 Å². The zero-order valence-corrected chi connectivity index (χ0v) is 9.63. The van der Waals surface area contributed by atoms with E-state index in [4.69, 9.17) is 5.73 Å². The van der Waals surface area contributed by atoms with Crippen LogP contribution in [-0.2, 0) is 0 Å². The third-order valence-corrected chi connectivity index (χ3v) is 3.74. The van der Waals surface area contributed by atoms with E-state index < -0.39 is 0 Å². The van der Waals surface area contributed by atoms with E-state index in [1.54, 1.807) is 0 Å². The third-order valence-electron chi connectivity index (χ3n) is 3.74. The number of hydrogen-bond donors (Lipinski definition) is 1. The van der Waals surface area contributed by atoms with E-state index in [1.165, 1.54) is 38.6 Å². The summed E-state index contributed by atoms with van der Waals surface area (Å²) in [6.07, 6.45) is 7.19. The van der Waals surface area contributed by atoms with Gasteiger partial charge in [0, 0.05) is 18.1 Å². The summed E-state index contributed by atoms with van der Waals surface area (Å²) in [6.45, 7) is 6.65. The summed E-state index contributed by atoms with van der Waals surface area (Å²) in [4.78, 5) is 2.64. The molecule has 2 N–H and O–H groups in total. The van der Waals surface area contributed by atoms with Crippen LogP contribution < -0.4 is 5.73 Å². The molecule has 0 amide bonds. The molecule has 0 aromatic carbocycles. The number of fused-ring (bicyclic) bond motifs is 1. The van der Waals surface area contributed by atoms with Crippen LogP contribution in [0.1, 0.15) is 46.0 Å². The summed E-state index contributed by atoms with van der Waals surface area (Å²) >= 11 is 0. The lowest BCUT2D eigenvalue weighted by Gasteiger charge is -2.35. The minimum atomic E-state index is -0.0215. The molecule has 2 unspecified atom stereocenters. The fourth-order valence-electron chi connectivity index (χ4n) is 3.22. The molecule has 82 valence electrons. The molecule has 0 bridgehead atoms. The van der Waals surface area contributed by atoms with Crippen molar-refractivity contribution >= 4 is 0 Å². The van der Waals surface area contributed by atoms with Crippen molar-refractivity contribution in [1.82, 2.24) is 4.90 Å². The Kier molecular flexibility index (Phi) is 2.85. The van der Waals surface area contributed by atoms with Crippen molar-refractivity contribution in [2.45, 2.75) is 57.5 Å². The Morgan fingerprint density at radius 3 is 2.64 bits per heavy atom. The van der Waals surface area contributed by atoms with Gasteiger partial charge in [0.25, 0.3) is 0 Å². The van der Waals surface area contributed by atoms with Crippen molar-refractivity contribution in [3.63, 3.8) is 0 Å². The topological polar surface area (TPSA) is 29.3 Å². The summed E-state index contributed by atoms with van der Waals surface area (Å²) < 4.78 is 0. The van der Waals surface area contributed by atoms with Crippen LogP contribution >= 0.6 is 0 Å². The molecule has 2 nitrogen and oxygen atoms in total. The van der Waals surface area contributed by atoms with Gasteiger partial charge in [0.2, 0.25) is 0 Å². The molecule has 1 heterocycles. The smallest absolute Gasteiger partial charge is 0.0226 e. The van der Waals surface area contributed by atoms with Crippen LogP contribution in [0.4, 0.5) is 0 Å². The maximum Gasteiger partial charge on any atom is 0.0226 e. The molecule has 2 aliphatic rings. The second kappa shape index (κ2) is 3.82. The zero-order chi connectivity index (χ0) is 10.2. The predicted octanol–water partition coefficient (Wildman–Crippen LogP) is 1.99. The molecule has 14 heavy (non-hydrogen) atoms. The fourth-order valence-corrected chi connectivity index (χ4v) is 3.22. The molecule has 0 aromatic heterocycles. The quantitative estimate of drug-likeness (QED) is 0.732. The first-order valence-electron chi connectivity index (χ1n) is 6.09. The summed E-state index contributed by atoms with van der Waals surface area (Å²) in [5.41, 5.74) is 6.07. The van der Waals surface area contributed by atoms with E-state index in [9.17, 15) is 0 Å². The molecule has 1 aliphatic carbocycles. The summed E-state index contributed by atoms with van der Waals surface area (Å²) in [5, 5.41) is 0. The monoisotopic (exact) mass is 196 g/mol. The van der Waals surface area contributed by atoms with Crippen LogP contribution in [0.15, 0.2) is 0 Å². The van der Waals surface area contributed by atoms with Crippen molar-refractivity contribution < 1.29 is 0 Å². The molecule has 1 aliphatic heterocycles. The standard InChI is InChI=1S/C12H24N2/c1-12(2,13)9-14-8-7-10-5-3-4-6-11(10)14/h10-11H,3-9,13H2,1-2H3. The number of likely N-dealkylation sites (tertiary alicyclic amines) is 1. The Morgan fingerprint density at radius 1 is 1.21 bits per heavy atom. The van der Waals surface area contributed by atoms with Crippen molar-refractivity contribution in [3.05, 3.63) is 0 Å². The van der Waals surface area contributed by atoms with Crippen LogP contribution in [0.2, 0.25) is 0 Å². The second-order valence-corrected chi connectivity index (χ2v) is 5.86. The Hall–Kier alpha value is -0.0800. The van der Waals surface area contributed by atoms with Crippen molar-refractivity contribution in [2.24, 2.45) is 11.7 Å². The zero-order valence-electron chi connectivity index (χ0n) is 9.63. The number of nitrogens with zero attached hydrogens (tertiary/aromatic N) is 1. The van der Waals surface area contributed by atoms with Crippen LogP contribution in [0.5, 0.6) is 0 Å². The van der Waals surface area contributed by atoms with E-state index in [-0.39, 0.29) is 5.54 Å². The van der Waals surface area contributed by atoms with Gasteiger partial charge in [-0.05, 0) is 45.6 Å². The summed E-state index contributed by atoms with van der Waals surface area (Å²) in [6, 6.07) is 0.867. The average molecular weight is 196 g/mol. The van der Waals surface area contributed by atoms with Gasteiger partial charge >= 0.3 is 0 Å². The van der Waals surface area contributed by atoms with Gasteiger partial charge in [-0.15, -0.1) is 0 Å². The number of nitrogens with two attached hydrogens (primary N) is 1. The molecule has 0 radical (unpaired) electrons. The molecule has 0 spiro atoms. The van der Waals surface area contributed by atoms with Crippen LogP contribution in [0.3, 0.4) is 0 Å². The molecule has 0 aromatic rings. The lowest BCUT2D eigenvalue weighted by atomic mass is 9.85. The van der Waals surface area contributed by atoms with Crippen LogP contribution in [0, 0.1) is 5.92 Å². The van der Waals surface area contributed by atoms with E-state index >= 15 is 0 Å². The molecular formula is C12H24N2. The molecule has 2 heteroatoms. The highest BCUT2D eigenvalue weighted by Gasteiger charge is 2.36. The third kappa shape index (κ3) is 2.29. The first-order valence-corrected chi connectivity index (χ1v) is 6.09. The van der Waals surface area contributed by atoms with Crippen molar-refractivity contribution in [2.75, 3.05) is 13.1 Å². The number of hydrogen-bond acceptors (Lipinski definition) is 2. The highest BCUT2D eigenvalue weighted by atomic mass is 15.2. The lowest BCUT2D eigenvalue weighted by molar-refractivity contribution is 0.157. The van der Waals surface area contributed by atoms with Gasteiger partial charge in [0.1, 0.15) is 0 Å². The first-order chi connectivity index (χ1) is 6.56. The molecule has 2 atom stereocenters. The first kappa shape index (κ1) is 10.4. The molecule has 1 saturated carbocycles. The van der Waals surface area contributed by atoms with Gasteiger partial charge < -0.3 is 5.73 Å². The fraction of sp³-hybridized carbons (Fsp3) is 1.00. The Bertz CT molecular complexity index is 195. The minimum Gasteiger partial charge on any atom is -0.324 e. The predicted molar refractivity (Wildman–Crippen MR) is 60.2 cm³/mol. The van der Waals surface area contributed by atoms with Crippen molar-refractivity contribution in [1.29, 1.82) is 0 Å². The lowest BCUT2D eigenvalue weighted by Crippen LogP contribution is -2.48. The molecule has 2 fully saturated rings. The van der Waals surface area contributed by atoms with Gasteiger partial charge in [-0.3, -0.25) is 4.90 Å². The summed E-state index contributed by atoms with van der Waals surface area (Å²) in [5.74, 6) is 0.992. The van der Waals surface area contributed by atoms with Gasteiger partial charge in [0.15, 0.2) is 0 Å². The highest BCUT2D eigenvalue weighted by Crippen LogP contribution is 2.36. The maximum atomic E-state index is 6.10. The Labute approximate surface area is 87.8 Å². The largest absolute Gasteiger partial charge is 0.324 e. The summed E-state index contributed by atoms with van der Waals surface area (Å²) in [7, 11) is 0. The van der Waals surface area contributed by atoms with Gasteiger partial charge in [-0.2, -0.15) is 0 Å². The normalized spacial score (nSPS) is 34.5. The highest BCUT2D eigenvalue weighted by molar-refractivity contribution is 4.92. The SMILES string of the molecule is CC(C)(N)CN1CCC2CCCCC21.